The standard InChI is InChI=1S/C33H37N9O/c1-5-41-14-16-42(17-15-41)26-11-13-27(29(18-26)43-4)36-33-34-19-24-10-12-28-30(31(24)37-33)32(40(3)38-28)23-8-6-22(7-9-23)25-20-35-39(2)21-25/h6-9,11,13,18-21H,5,10,12,14-17H2,1-4H3,(H,34,36,37). The van der Waals surface area contributed by atoms with Crippen LogP contribution in [0, 0.1) is 0 Å². The molecule has 10 nitrogen and oxygen atoms in total. The molecule has 1 aliphatic heterocycles. The molecule has 0 spiro atoms. The fourth-order valence-electron chi connectivity index (χ4n) is 6.27. The van der Waals surface area contributed by atoms with Gasteiger partial charge in [-0.1, -0.05) is 31.2 Å². The van der Waals surface area contributed by atoms with Crippen LogP contribution in [0.25, 0.3) is 33.6 Å². The fourth-order valence-corrected chi connectivity index (χ4v) is 6.27. The molecular formula is C33H37N9O. The molecule has 1 fully saturated rings. The van der Waals surface area contributed by atoms with E-state index in [0.717, 1.165) is 102 Å². The third-order valence-corrected chi connectivity index (χ3v) is 8.66. The molecule has 2 aliphatic rings. The number of hydrogen-bond donors (Lipinski definition) is 1. The normalized spacial score (nSPS) is 14.8. The van der Waals surface area contributed by atoms with Crippen LogP contribution < -0.4 is 15.0 Å². The zero-order valence-electron chi connectivity index (χ0n) is 25.2. The van der Waals surface area contributed by atoms with E-state index in [2.05, 4.69) is 69.6 Å². The Morgan fingerprint density at radius 1 is 0.907 bits per heavy atom. The van der Waals surface area contributed by atoms with Crippen LogP contribution >= 0.6 is 0 Å². The summed E-state index contributed by atoms with van der Waals surface area (Å²) in [4.78, 5) is 14.7. The molecule has 3 aromatic heterocycles. The zero-order chi connectivity index (χ0) is 29.5. The van der Waals surface area contributed by atoms with E-state index >= 15 is 0 Å². The molecule has 0 saturated carbocycles. The summed E-state index contributed by atoms with van der Waals surface area (Å²) in [6.07, 6.45) is 7.59. The summed E-state index contributed by atoms with van der Waals surface area (Å²) in [5.74, 6) is 1.31. The van der Waals surface area contributed by atoms with E-state index in [1.807, 2.05) is 42.0 Å². The lowest BCUT2D eigenvalue weighted by Crippen LogP contribution is -2.46. The maximum atomic E-state index is 5.81. The topological polar surface area (TPSA) is 89.2 Å². The van der Waals surface area contributed by atoms with Crippen LogP contribution in [0.2, 0.25) is 0 Å². The van der Waals surface area contributed by atoms with E-state index in [0.29, 0.717) is 5.95 Å². The zero-order valence-corrected chi connectivity index (χ0v) is 25.2. The first-order chi connectivity index (χ1) is 21.0. The van der Waals surface area contributed by atoms with E-state index < -0.39 is 0 Å². The fraction of sp³-hybridized carbons (Fsp3) is 0.333. The Hall–Kier alpha value is -4.70. The van der Waals surface area contributed by atoms with Crippen molar-refractivity contribution in [2.24, 2.45) is 14.1 Å². The number of piperazine rings is 1. The molecule has 2 aromatic carbocycles. The van der Waals surface area contributed by atoms with Gasteiger partial charge in [0.15, 0.2) is 0 Å². The van der Waals surface area contributed by atoms with Gasteiger partial charge in [-0.05, 0) is 42.6 Å². The summed E-state index contributed by atoms with van der Waals surface area (Å²) in [7, 11) is 5.65. The molecule has 220 valence electrons. The average molecular weight is 576 g/mol. The second-order valence-electron chi connectivity index (χ2n) is 11.3. The van der Waals surface area contributed by atoms with Gasteiger partial charge in [-0.25, -0.2) is 9.97 Å². The van der Waals surface area contributed by atoms with Crippen molar-refractivity contribution in [3.05, 3.63) is 72.3 Å². The number of aromatic nitrogens is 6. The van der Waals surface area contributed by atoms with Gasteiger partial charge in [0.1, 0.15) is 5.75 Å². The Balaban J connectivity index is 1.18. The highest BCUT2D eigenvalue weighted by Gasteiger charge is 2.27. The first kappa shape index (κ1) is 27.2. The Kier molecular flexibility index (Phi) is 7.06. The highest BCUT2D eigenvalue weighted by atomic mass is 16.5. The van der Waals surface area contributed by atoms with Crippen LogP contribution in [0.5, 0.6) is 5.75 Å². The van der Waals surface area contributed by atoms with Gasteiger partial charge in [0.25, 0.3) is 0 Å². The van der Waals surface area contributed by atoms with Gasteiger partial charge >= 0.3 is 0 Å². The minimum absolute atomic E-state index is 0.538. The molecule has 5 aromatic rings. The summed E-state index contributed by atoms with van der Waals surface area (Å²) in [6.45, 7) is 7.50. The van der Waals surface area contributed by atoms with Crippen molar-refractivity contribution in [3.63, 3.8) is 0 Å². The van der Waals surface area contributed by atoms with Gasteiger partial charge in [0.05, 0.1) is 36.1 Å². The quantitative estimate of drug-likeness (QED) is 0.292. The lowest BCUT2D eigenvalue weighted by Gasteiger charge is -2.35. The largest absolute Gasteiger partial charge is 0.494 e. The molecule has 7 rings (SSSR count). The van der Waals surface area contributed by atoms with Crippen molar-refractivity contribution in [2.75, 3.05) is 50.1 Å². The summed E-state index contributed by atoms with van der Waals surface area (Å²) >= 11 is 0. The second-order valence-corrected chi connectivity index (χ2v) is 11.3. The number of nitrogens with zero attached hydrogens (tertiary/aromatic N) is 8. The summed E-state index contributed by atoms with van der Waals surface area (Å²) in [5.41, 5.74) is 10.6. The monoisotopic (exact) mass is 575 g/mol. The predicted molar refractivity (Wildman–Crippen MR) is 170 cm³/mol. The lowest BCUT2D eigenvalue weighted by molar-refractivity contribution is 0.271. The van der Waals surface area contributed by atoms with Gasteiger partial charge in [0.2, 0.25) is 5.95 Å². The van der Waals surface area contributed by atoms with Crippen molar-refractivity contribution in [2.45, 2.75) is 19.8 Å². The average Bonchev–Trinajstić information content (AvgIpc) is 3.63. The van der Waals surface area contributed by atoms with E-state index in [1.165, 1.54) is 5.69 Å². The molecule has 1 N–H and O–H groups in total. The lowest BCUT2D eigenvalue weighted by atomic mass is 9.91. The molecule has 0 unspecified atom stereocenters. The maximum Gasteiger partial charge on any atom is 0.227 e. The van der Waals surface area contributed by atoms with Crippen LogP contribution in [0.4, 0.5) is 17.3 Å². The van der Waals surface area contributed by atoms with Crippen molar-refractivity contribution in [1.29, 1.82) is 0 Å². The van der Waals surface area contributed by atoms with Crippen LogP contribution in [0.3, 0.4) is 0 Å². The Morgan fingerprint density at radius 2 is 1.70 bits per heavy atom. The van der Waals surface area contributed by atoms with Gasteiger partial charge < -0.3 is 19.9 Å². The van der Waals surface area contributed by atoms with Crippen molar-refractivity contribution >= 4 is 17.3 Å². The van der Waals surface area contributed by atoms with Crippen LogP contribution in [0.15, 0.2) is 61.1 Å². The predicted octanol–water partition coefficient (Wildman–Crippen LogP) is 4.94. The van der Waals surface area contributed by atoms with Gasteiger partial charge in [-0.3, -0.25) is 9.36 Å². The Bertz CT molecular complexity index is 1760. The number of ether oxygens (including phenoxy) is 1. The molecule has 0 amide bonds. The van der Waals surface area contributed by atoms with Gasteiger partial charge in [-0.15, -0.1) is 0 Å². The minimum atomic E-state index is 0.538. The minimum Gasteiger partial charge on any atom is -0.494 e. The number of aryl methyl sites for hydroxylation is 4. The molecule has 10 heteroatoms. The number of benzene rings is 2. The molecular weight excluding hydrogens is 538 g/mol. The number of hydrogen-bond acceptors (Lipinski definition) is 8. The molecule has 1 saturated heterocycles. The summed E-state index contributed by atoms with van der Waals surface area (Å²) < 4.78 is 9.61. The molecule has 0 bridgehead atoms. The summed E-state index contributed by atoms with van der Waals surface area (Å²) in [6, 6.07) is 14.9. The van der Waals surface area contributed by atoms with E-state index in [9.17, 15) is 0 Å². The van der Waals surface area contributed by atoms with E-state index in [-0.39, 0.29) is 0 Å². The smallest absolute Gasteiger partial charge is 0.227 e. The van der Waals surface area contributed by atoms with E-state index in [4.69, 9.17) is 19.8 Å². The Labute approximate surface area is 251 Å². The third-order valence-electron chi connectivity index (χ3n) is 8.66. The molecule has 0 atom stereocenters. The van der Waals surface area contributed by atoms with Gasteiger partial charge in [-0.2, -0.15) is 10.2 Å². The SMILES string of the molecule is CCN1CCN(c2ccc(Nc3ncc4c(n3)-c3c(nn(C)c3-c3ccc(-c5cnn(C)c5)cc3)CC4)c(OC)c2)CC1. The first-order valence-corrected chi connectivity index (χ1v) is 14.9. The number of anilines is 3. The number of fused-ring (bicyclic) bond motifs is 3. The number of nitrogens with one attached hydrogen (secondary N) is 1. The molecule has 0 radical (unpaired) electrons. The maximum absolute atomic E-state index is 5.81. The molecule has 1 aliphatic carbocycles. The number of likely N-dealkylation sites (N-methyl/N-ethyl adjacent to an activating group) is 1. The molecule has 4 heterocycles. The number of methoxy groups -OCH3 is 1. The highest BCUT2D eigenvalue weighted by molar-refractivity contribution is 5.85. The van der Waals surface area contributed by atoms with Gasteiger partial charge in [0, 0.05) is 81.1 Å². The van der Waals surface area contributed by atoms with Crippen LogP contribution in [-0.2, 0) is 26.9 Å². The third kappa shape index (κ3) is 5.12. The molecule has 43 heavy (non-hydrogen) atoms. The number of rotatable bonds is 7. The van der Waals surface area contributed by atoms with Crippen molar-refractivity contribution in [1.82, 2.24) is 34.4 Å². The van der Waals surface area contributed by atoms with Crippen LogP contribution in [-0.4, -0.2) is 74.3 Å². The Morgan fingerprint density at radius 3 is 2.42 bits per heavy atom. The van der Waals surface area contributed by atoms with E-state index in [1.54, 1.807) is 7.11 Å². The highest BCUT2D eigenvalue weighted by Crippen LogP contribution is 2.40. The van der Waals surface area contributed by atoms with Crippen LogP contribution in [0.1, 0.15) is 18.2 Å². The second kappa shape index (κ2) is 11.2. The first-order valence-electron chi connectivity index (χ1n) is 14.9. The van der Waals surface area contributed by atoms with Crippen molar-refractivity contribution in [3.8, 4) is 39.4 Å². The van der Waals surface area contributed by atoms with Crippen molar-refractivity contribution < 1.29 is 4.74 Å². The summed E-state index contributed by atoms with van der Waals surface area (Å²) in [5, 5.41) is 12.7.